The minimum Gasteiger partial charge on any atom is -0.383 e. The second-order valence-corrected chi connectivity index (χ2v) is 6.37. The topological polar surface area (TPSA) is 67.6 Å². The van der Waals surface area contributed by atoms with Crippen molar-refractivity contribution >= 4 is 34.0 Å². The average molecular weight is 405 g/mol. The monoisotopic (exact) mass is 405 g/mol. The molecule has 6 nitrogen and oxygen atoms in total. The van der Waals surface area contributed by atoms with Crippen molar-refractivity contribution in [1.82, 2.24) is 5.32 Å². The number of methoxy groups -OCH3 is 1. The van der Waals surface area contributed by atoms with E-state index in [1.807, 2.05) is 12.1 Å². The van der Waals surface area contributed by atoms with E-state index in [2.05, 4.69) is 32.8 Å². The molecule has 1 N–H and O–H groups in total. The molecular formula is C14H20IN3O3. The SMILES string of the molecule is COCCN(CC1CCCN1)c1ccc(I)cc1[N+](=O)[O-]. The van der Waals surface area contributed by atoms with E-state index < -0.39 is 0 Å². The molecular weight excluding hydrogens is 385 g/mol. The van der Waals surface area contributed by atoms with E-state index in [1.54, 1.807) is 13.2 Å². The zero-order valence-corrected chi connectivity index (χ0v) is 14.2. The highest BCUT2D eigenvalue weighted by Gasteiger charge is 2.23. The van der Waals surface area contributed by atoms with Crippen LogP contribution in [0, 0.1) is 13.7 Å². The van der Waals surface area contributed by atoms with Crippen LogP contribution < -0.4 is 10.2 Å². The normalized spacial score (nSPS) is 17.9. The van der Waals surface area contributed by atoms with Crippen molar-refractivity contribution < 1.29 is 9.66 Å². The molecule has 1 fully saturated rings. The summed E-state index contributed by atoms with van der Waals surface area (Å²) < 4.78 is 6.02. The van der Waals surface area contributed by atoms with Crippen LogP contribution in [0.3, 0.4) is 0 Å². The average Bonchev–Trinajstić information content (AvgIpc) is 2.96. The van der Waals surface area contributed by atoms with Gasteiger partial charge in [0.2, 0.25) is 0 Å². The van der Waals surface area contributed by atoms with Crippen LogP contribution in [-0.2, 0) is 4.74 Å². The summed E-state index contributed by atoms with van der Waals surface area (Å²) in [6, 6.07) is 5.76. The second kappa shape index (κ2) is 7.90. The Morgan fingerprint density at radius 3 is 3.00 bits per heavy atom. The number of hydrogen-bond acceptors (Lipinski definition) is 5. The van der Waals surface area contributed by atoms with Gasteiger partial charge < -0.3 is 15.0 Å². The predicted octanol–water partition coefficient (Wildman–Crippen LogP) is 2.40. The highest BCUT2D eigenvalue weighted by atomic mass is 127. The lowest BCUT2D eigenvalue weighted by Gasteiger charge is -2.27. The number of rotatable bonds is 7. The van der Waals surface area contributed by atoms with Crippen LogP contribution in [0.2, 0.25) is 0 Å². The minimum atomic E-state index is -0.306. The van der Waals surface area contributed by atoms with Crippen molar-refractivity contribution in [2.75, 3.05) is 38.3 Å². The van der Waals surface area contributed by atoms with E-state index in [-0.39, 0.29) is 10.6 Å². The van der Waals surface area contributed by atoms with E-state index in [0.717, 1.165) is 29.5 Å². The Kier molecular flexibility index (Phi) is 6.19. The molecule has 0 spiro atoms. The Balaban J connectivity index is 2.23. The van der Waals surface area contributed by atoms with Crippen LogP contribution in [0.1, 0.15) is 12.8 Å². The first kappa shape index (κ1) is 16.4. The molecule has 21 heavy (non-hydrogen) atoms. The summed E-state index contributed by atoms with van der Waals surface area (Å²) >= 11 is 2.10. The molecule has 1 saturated heterocycles. The van der Waals surface area contributed by atoms with Gasteiger partial charge in [-0.2, -0.15) is 0 Å². The summed E-state index contributed by atoms with van der Waals surface area (Å²) in [6.45, 7) is 2.99. The van der Waals surface area contributed by atoms with E-state index >= 15 is 0 Å². The van der Waals surface area contributed by atoms with Crippen molar-refractivity contribution in [2.45, 2.75) is 18.9 Å². The summed E-state index contributed by atoms with van der Waals surface area (Å²) in [6.07, 6.45) is 2.28. The fraction of sp³-hybridized carbons (Fsp3) is 0.571. The van der Waals surface area contributed by atoms with E-state index in [4.69, 9.17) is 4.74 Å². The van der Waals surface area contributed by atoms with Gasteiger partial charge in [-0.1, -0.05) is 0 Å². The van der Waals surface area contributed by atoms with Crippen molar-refractivity contribution in [1.29, 1.82) is 0 Å². The zero-order valence-electron chi connectivity index (χ0n) is 12.0. The number of halogens is 1. The van der Waals surface area contributed by atoms with E-state index in [1.165, 1.54) is 0 Å². The number of nitro groups is 1. The molecule has 1 aliphatic rings. The largest absolute Gasteiger partial charge is 0.383 e. The number of nitrogens with zero attached hydrogens (tertiary/aromatic N) is 2. The molecule has 2 rings (SSSR count). The summed E-state index contributed by atoms with van der Waals surface area (Å²) in [5.74, 6) is 0. The molecule has 7 heteroatoms. The number of nitrogens with one attached hydrogen (secondary N) is 1. The third kappa shape index (κ3) is 4.52. The Hall–Kier alpha value is -0.930. The highest BCUT2D eigenvalue weighted by Crippen LogP contribution is 2.30. The zero-order chi connectivity index (χ0) is 15.2. The van der Waals surface area contributed by atoms with Crippen LogP contribution >= 0.6 is 22.6 Å². The lowest BCUT2D eigenvalue weighted by molar-refractivity contribution is -0.384. The van der Waals surface area contributed by atoms with Gasteiger partial charge in [-0.3, -0.25) is 10.1 Å². The van der Waals surface area contributed by atoms with Gasteiger partial charge in [0.15, 0.2) is 0 Å². The fourth-order valence-electron chi connectivity index (χ4n) is 2.60. The summed E-state index contributed by atoms with van der Waals surface area (Å²) in [5, 5.41) is 14.8. The second-order valence-electron chi connectivity index (χ2n) is 5.12. The van der Waals surface area contributed by atoms with E-state index in [9.17, 15) is 10.1 Å². The minimum absolute atomic E-state index is 0.163. The predicted molar refractivity (Wildman–Crippen MR) is 90.9 cm³/mol. The molecule has 1 unspecified atom stereocenters. The first-order valence-electron chi connectivity index (χ1n) is 7.03. The third-order valence-electron chi connectivity index (χ3n) is 3.64. The molecule has 0 aliphatic carbocycles. The Bertz CT molecular complexity index is 492. The summed E-state index contributed by atoms with van der Waals surface area (Å²) in [4.78, 5) is 13.1. The first-order chi connectivity index (χ1) is 10.1. The van der Waals surface area contributed by atoms with Crippen molar-refractivity contribution in [2.24, 2.45) is 0 Å². The van der Waals surface area contributed by atoms with Gasteiger partial charge in [0.25, 0.3) is 5.69 Å². The molecule has 1 atom stereocenters. The molecule has 0 aromatic heterocycles. The third-order valence-corrected chi connectivity index (χ3v) is 4.31. The van der Waals surface area contributed by atoms with Gasteiger partial charge >= 0.3 is 0 Å². The van der Waals surface area contributed by atoms with Crippen LogP contribution in [0.15, 0.2) is 18.2 Å². The number of nitro benzene ring substituents is 1. The van der Waals surface area contributed by atoms with Gasteiger partial charge in [0.05, 0.1) is 11.5 Å². The molecule has 1 aromatic carbocycles. The molecule has 1 aromatic rings. The standard InChI is InChI=1S/C14H20IN3O3/c1-21-8-7-17(10-12-3-2-6-16-12)13-5-4-11(15)9-14(13)18(19)20/h4-5,9,12,16H,2-3,6-8,10H2,1H3. The van der Waals surface area contributed by atoms with Gasteiger partial charge in [-0.05, 0) is 54.1 Å². The molecule has 1 heterocycles. The van der Waals surface area contributed by atoms with Gasteiger partial charge in [-0.25, -0.2) is 0 Å². The van der Waals surface area contributed by atoms with Crippen LogP contribution in [0.25, 0.3) is 0 Å². The van der Waals surface area contributed by atoms with Crippen molar-refractivity contribution in [3.05, 3.63) is 31.9 Å². The first-order valence-corrected chi connectivity index (χ1v) is 8.11. The highest BCUT2D eigenvalue weighted by molar-refractivity contribution is 14.1. The maximum Gasteiger partial charge on any atom is 0.293 e. The van der Waals surface area contributed by atoms with Gasteiger partial charge in [0.1, 0.15) is 5.69 Å². The maximum atomic E-state index is 11.3. The Morgan fingerprint density at radius 2 is 2.38 bits per heavy atom. The summed E-state index contributed by atoms with van der Waals surface area (Å²) in [7, 11) is 1.65. The van der Waals surface area contributed by atoms with Gasteiger partial charge in [-0.15, -0.1) is 0 Å². The Morgan fingerprint density at radius 1 is 1.57 bits per heavy atom. The maximum absolute atomic E-state index is 11.3. The van der Waals surface area contributed by atoms with Crippen LogP contribution in [-0.4, -0.2) is 44.3 Å². The molecule has 116 valence electrons. The number of anilines is 1. The van der Waals surface area contributed by atoms with E-state index in [0.29, 0.717) is 24.9 Å². The van der Waals surface area contributed by atoms with Crippen molar-refractivity contribution in [3.63, 3.8) is 0 Å². The molecule has 1 aliphatic heterocycles. The molecule has 0 saturated carbocycles. The quantitative estimate of drug-likeness (QED) is 0.429. The Labute approximate surface area is 138 Å². The van der Waals surface area contributed by atoms with Crippen molar-refractivity contribution in [3.8, 4) is 0 Å². The van der Waals surface area contributed by atoms with Crippen LogP contribution in [0.5, 0.6) is 0 Å². The smallest absolute Gasteiger partial charge is 0.293 e. The lowest BCUT2D eigenvalue weighted by atomic mass is 10.2. The molecule has 0 bridgehead atoms. The number of hydrogen-bond donors (Lipinski definition) is 1. The summed E-state index contributed by atoms with van der Waals surface area (Å²) in [5.41, 5.74) is 0.835. The van der Waals surface area contributed by atoms with Crippen LogP contribution in [0.4, 0.5) is 11.4 Å². The van der Waals surface area contributed by atoms with Gasteiger partial charge in [0, 0.05) is 35.9 Å². The molecule has 0 radical (unpaired) electrons. The number of benzene rings is 1. The fourth-order valence-corrected chi connectivity index (χ4v) is 3.08. The lowest BCUT2D eigenvalue weighted by Crippen LogP contribution is -2.39. The molecule has 0 amide bonds. The number of ether oxygens (including phenoxy) is 1.